The molecule has 0 aliphatic carbocycles. The third-order valence-corrected chi connectivity index (χ3v) is 5.63. The minimum absolute atomic E-state index is 0.0630. The van der Waals surface area contributed by atoms with Gasteiger partial charge in [-0.05, 0) is 56.9 Å². The highest BCUT2D eigenvalue weighted by Crippen LogP contribution is 2.24. The Morgan fingerprint density at radius 1 is 1.18 bits per heavy atom. The molecule has 1 N–H and O–H groups in total. The first-order valence-corrected chi connectivity index (χ1v) is 9.82. The Morgan fingerprint density at radius 3 is 2.61 bits per heavy atom. The van der Waals surface area contributed by atoms with Crippen molar-refractivity contribution in [3.8, 4) is 0 Å². The van der Waals surface area contributed by atoms with Gasteiger partial charge in [0, 0.05) is 41.4 Å². The van der Waals surface area contributed by atoms with E-state index < -0.39 is 0 Å². The van der Waals surface area contributed by atoms with Gasteiger partial charge < -0.3 is 10.2 Å². The molecule has 1 aliphatic heterocycles. The Kier molecular flexibility index (Phi) is 4.98. The Balaban J connectivity index is 1.43. The molecule has 0 unspecified atom stereocenters. The number of nitrogens with zero attached hydrogens (tertiary/aromatic N) is 5. The van der Waals surface area contributed by atoms with Crippen LogP contribution in [0, 0.1) is 19.8 Å². The first kappa shape index (κ1) is 18.4. The fourth-order valence-corrected chi connectivity index (χ4v) is 3.80. The summed E-state index contributed by atoms with van der Waals surface area (Å²) in [6, 6.07) is 8.13. The highest BCUT2D eigenvalue weighted by Gasteiger charge is 2.17. The SMILES string of the molecule is Cc1nc2ncnn2c(C)c1CC(=O)Nc1ccc(N2CCC(C)CC2)cc1. The molecule has 2 aromatic heterocycles. The van der Waals surface area contributed by atoms with E-state index in [4.69, 9.17) is 0 Å². The number of benzene rings is 1. The molecule has 0 spiro atoms. The van der Waals surface area contributed by atoms with Crippen molar-refractivity contribution < 1.29 is 4.79 Å². The first-order chi connectivity index (χ1) is 13.5. The summed E-state index contributed by atoms with van der Waals surface area (Å²) in [4.78, 5) is 23.5. The lowest BCUT2D eigenvalue weighted by atomic mass is 9.99. The van der Waals surface area contributed by atoms with E-state index in [2.05, 4.69) is 44.3 Å². The number of nitrogens with one attached hydrogen (secondary N) is 1. The zero-order valence-corrected chi connectivity index (χ0v) is 16.6. The molecule has 1 aromatic carbocycles. The van der Waals surface area contributed by atoms with Gasteiger partial charge in [0.2, 0.25) is 5.91 Å². The van der Waals surface area contributed by atoms with E-state index in [0.29, 0.717) is 5.78 Å². The van der Waals surface area contributed by atoms with Crippen molar-refractivity contribution in [2.24, 2.45) is 5.92 Å². The van der Waals surface area contributed by atoms with Gasteiger partial charge in [0.25, 0.3) is 5.78 Å². The zero-order chi connectivity index (χ0) is 19.7. The summed E-state index contributed by atoms with van der Waals surface area (Å²) in [6.45, 7) is 8.35. The number of fused-ring (bicyclic) bond motifs is 1. The van der Waals surface area contributed by atoms with Crippen LogP contribution in [0.4, 0.5) is 11.4 Å². The van der Waals surface area contributed by atoms with E-state index in [-0.39, 0.29) is 12.3 Å². The second-order valence-electron chi connectivity index (χ2n) is 7.67. The largest absolute Gasteiger partial charge is 0.372 e. The summed E-state index contributed by atoms with van der Waals surface area (Å²) < 4.78 is 1.67. The van der Waals surface area contributed by atoms with E-state index in [1.165, 1.54) is 24.9 Å². The third kappa shape index (κ3) is 3.69. The summed E-state index contributed by atoms with van der Waals surface area (Å²) in [5, 5.41) is 7.17. The molecule has 7 nitrogen and oxygen atoms in total. The minimum atomic E-state index is -0.0630. The topological polar surface area (TPSA) is 75.4 Å². The molecular weight excluding hydrogens is 352 g/mol. The van der Waals surface area contributed by atoms with Gasteiger partial charge >= 0.3 is 0 Å². The van der Waals surface area contributed by atoms with E-state index in [1.807, 2.05) is 26.0 Å². The number of amides is 1. The van der Waals surface area contributed by atoms with Crippen LogP contribution in [0.25, 0.3) is 5.78 Å². The minimum Gasteiger partial charge on any atom is -0.372 e. The third-order valence-electron chi connectivity index (χ3n) is 5.63. The molecular formula is C21H26N6O. The number of anilines is 2. The number of aryl methyl sites for hydroxylation is 2. The molecule has 4 rings (SSSR count). The maximum absolute atomic E-state index is 12.6. The molecule has 0 radical (unpaired) electrons. The molecule has 0 atom stereocenters. The predicted molar refractivity (Wildman–Crippen MR) is 110 cm³/mol. The van der Waals surface area contributed by atoms with Crippen LogP contribution in [0.2, 0.25) is 0 Å². The van der Waals surface area contributed by atoms with Crippen LogP contribution in [0.1, 0.15) is 36.7 Å². The number of piperidine rings is 1. The standard InChI is InChI=1S/C21H26N6O/c1-14-8-10-26(11-9-14)18-6-4-17(5-7-18)25-20(28)12-19-15(2)24-21-22-13-23-27(21)16(19)3/h4-7,13-14H,8-12H2,1-3H3,(H,25,28). The Labute approximate surface area is 164 Å². The number of hydrogen-bond acceptors (Lipinski definition) is 5. The second-order valence-corrected chi connectivity index (χ2v) is 7.67. The molecule has 0 bridgehead atoms. The van der Waals surface area contributed by atoms with Crippen LogP contribution in [0.5, 0.6) is 0 Å². The molecule has 1 fully saturated rings. The fourth-order valence-electron chi connectivity index (χ4n) is 3.80. The average molecular weight is 378 g/mol. The lowest BCUT2D eigenvalue weighted by molar-refractivity contribution is -0.115. The van der Waals surface area contributed by atoms with E-state index in [1.54, 1.807) is 4.52 Å². The van der Waals surface area contributed by atoms with Crippen molar-refractivity contribution in [2.75, 3.05) is 23.3 Å². The van der Waals surface area contributed by atoms with Crippen molar-refractivity contribution in [3.63, 3.8) is 0 Å². The maximum Gasteiger partial charge on any atom is 0.252 e. The molecule has 1 amide bonds. The lowest BCUT2D eigenvalue weighted by Crippen LogP contribution is -2.32. The Morgan fingerprint density at radius 2 is 1.89 bits per heavy atom. The summed E-state index contributed by atoms with van der Waals surface area (Å²) in [7, 11) is 0. The monoisotopic (exact) mass is 378 g/mol. The summed E-state index contributed by atoms with van der Waals surface area (Å²) >= 11 is 0. The number of carbonyl (C=O) groups is 1. The number of hydrogen-bond donors (Lipinski definition) is 1. The highest BCUT2D eigenvalue weighted by molar-refractivity contribution is 5.92. The normalized spacial score (nSPS) is 15.2. The Bertz CT molecular complexity index is 986. The molecule has 28 heavy (non-hydrogen) atoms. The molecule has 146 valence electrons. The number of aromatic nitrogens is 4. The van der Waals surface area contributed by atoms with E-state index in [9.17, 15) is 4.79 Å². The first-order valence-electron chi connectivity index (χ1n) is 9.82. The summed E-state index contributed by atoms with van der Waals surface area (Å²) in [5.41, 5.74) is 4.61. The highest BCUT2D eigenvalue weighted by atomic mass is 16.1. The predicted octanol–water partition coefficient (Wildman–Crippen LogP) is 3.16. The molecule has 3 heterocycles. The number of carbonyl (C=O) groups excluding carboxylic acids is 1. The molecule has 0 saturated carbocycles. The fraction of sp³-hybridized carbons (Fsp3) is 0.429. The van der Waals surface area contributed by atoms with Crippen molar-refractivity contribution in [1.29, 1.82) is 0 Å². The molecule has 3 aromatic rings. The van der Waals surface area contributed by atoms with Crippen molar-refractivity contribution in [3.05, 3.63) is 47.5 Å². The molecule has 1 saturated heterocycles. The van der Waals surface area contributed by atoms with Crippen LogP contribution in [0.15, 0.2) is 30.6 Å². The van der Waals surface area contributed by atoms with Crippen LogP contribution in [0.3, 0.4) is 0 Å². The summed E-state index contributed by atoms with van der Waals surface area (Å²) in [6.07, 6.45) is 4.21. The maximum atomic E-state index is 12.6. The van der Waals surface area contributed by atoms with Crippen LogP contribution in [-0.4, -0.2) is 38.6 Å². The van der Waals surface area contributed by atoms with Crippen LogP contribution >= 0.6 is 0 Å². The van der Waals surface area contributed by atoms with Gasteiger partial charge in [-0.25, -0.2) is 9.50 Å². The van der Waals surface area contributed by atoms with E-state index >= 15 is 0 Å². The second kappa shape index (κ2) is 7.58. The quantitative estimate of drug-likeness (QED) is 0.755. The Hall–Kier alpha value is -2.96. The van der Waals surface area contributed by atoms with Gasteiger partial charge in [0.15, 0.2) is 0 Å². The van der Waals surface area contributed by atoms with Crippen molar-refractivity contribution in [1.82, 2.24) is 19.6 Å². The number of rotatable bonds is 4. The van der Waals surface area contributed by atoms with Crippen molar-refractivity contribution >= 4 is 23.1 Å². The van der Waals surface area contributed by atoms with Crippen molar-refractivity contribution in [2.45, 2.75) is 40.0 Å². The van der Waals surface area contributed by atoms with Gasteiger partial charge in [-0.15, -0.1) is 0 Å². The smallest absolute Gasteiger partial charge is 0.252 e. The van der Waals surface area contributed by atoms with Gasteiger partial charge in [0.05, 0.1) is 6.42 Å². The van der Waals surface area contributed by atoms with Crippen LogP contribution < -0.4 is 10.2 Å². The molecule has 1 aliphatic rings. The lowest BCUT2D eigenvalue weighted by Gasteiger charge is -2.32. The molecule has 7 heteroatoms. The van der Waals surface area contributed by atoms with Gasteiger partial charge in [-0.3, -0.25) is 4.79 Å². The van der Waals surface area contributed by atoms with Gasteiger partial charge in [0.1, 0.15) is 6.33 Å². The average Bonchev–Trinajstić information content (AvgIpc) is 3.15. The zero-order valence-electron chi connectivity index (χ0n) is 16.6. The van der Waals surface area contributed by atoms with Gasteiger partial charge in [-0.2, -0.15) is 10.1 Å². The van der Waals surface area contributed by atoms with E-state index in [0.717, 1.165) is 41.6 Å². The van der Waals surface area contributed by atoms with Crippen LogP contribution in [-0.2, 0) is 11.2 Å². The van der Waals surface area contributed by atoms with Gasteiger partial charge in [-0.1, -0.05) is 6.92 Å². The summed E-state index contributed by atoms with van der Waals surface area (Å²) in [5.74, 6) is 1.31.